The number of sulfonamides is 1. The Balaban J connectivity index is 3.54. The largest absolute Gasteiger partial charge is 0.383 e. The van der Waals surface area contributed by atoms with Crippen LogP contribution in [0.4, 0.5) is 11.4 Å². The van der Waals surface area contributed by atoms with Crippen LogP contribution < -0.4 is 5.32 Å². The zero-order valence-corrected chi connectivity index (χ0v) is 12.1. The normalized spacial score (nSPS) is 11.6. The summed E-state index contributed by atoms with van der Waals surface area (Å²) in [5.74, 6) is 0. The first kappa shape index (κ1) is 15.4. The second kappa shape index (κ2) is 5.54. The maximum Gasteiger partial charge on any atom is 0.293 e. The van der Waals surface area contributed by atoms with E-state index in [4.69, 9.17) is 0 Å². The molecule has 0 fully saturated rings. The zero-order chi connectivity index (χ0) is 14.8. The number of nitro groups is 1. The van der Waals surface area contributed by atoms with E-state index in [-0.39, 0.29) is 10.6 Å². The van der Waals surface area contributed by atoms with Crippen molar-refractivity contribution in [3.8, 4) is 0 Å². The summed E-state index contributed by atoms with van der Waals surface area (Å²) in [7, 11) is -0.713. The maximum absolute atomic E-state index is 12.2. The van der Waals surface area contributed by atoms with Crippen molar-refractivity contribution in [1.29, 1.82) is 0 Å². The van der Waals surface area contributed by atoms with E-state index in [2.05, 4.69) is 5.32 Å². The molecule has 19 heavy (non-hydrogen) atoms. The molecule has 0 spiro atoms. The van der Waals surface area contributed by atoms with Gasteiger partial charge in [-0.3, -0.25) is 10.1 Å². The molecule has 0 saturated heterocycles. The molecule has 0 aliphatic carbocycles. The van der Waals surface area contributed by atoms with Gasteiger partial charge in [-0.1, -0.05) is 6.92 Å². The molecule has 1 rings (SSSR count). The predicted octanol–water partition coefficient (Wildman–Crippen LogP) is 1.59. The van der Waals surface area contributed by atoms with Crippen LogP contribution in [0, 0.1) is 17.0 Å². The number of anilines is 1. The highest BCUT2D eigenvalue weighted by atomic mass is 32.2. The minimum absolute atomic E-state index is 0.0393. The van der Waals surface area contributed by atoms with Crippen molar-refractivity contribution < 1.29 is 13.3 Å². The maximum atomic E-state index is 12.2. The van der Waals surface area contributed by atoms with E-state index in [9.17, 15) is 18.5 Å². The highest BCUT2D eigenvalue weighted by molar-refractivity contribution is 7.89. The number of hydrogen-bond acceptors (Lipinski definition) is 5. The van der Waals surface area contributed by atoms with Crippen molar-refractivity contribution in [3.63, 3.8) is 0 Å². The van der Waals surface area contributed by atoms with Gasteiger partial charge < -0.3 is 5.32 Å². The van der Waals surface area contributed by atoms with Gasteiger partial charge in [0.25, 0.3) is 5.69 Å². The molecule has 0 bridgehead atoms. The Hall–Kier alpha value is -1.67. The molecule has 0 saturated carbocycles. The number of rotatable bonds is 5. The van der Waals surface area contributed by atoms with Crippen molar-refractivity contribution >= 4 is 21.4 Å². The molecule has 1 N–H and O–H groups in total. The van der Waals surface area contributed by atoms with E-state index in [1.165, 1.54) is 13.1 Å². The number of nitrogens with zero attached hydrogens (tertiary/aromatic N) is 2. The molecular formula is C11H17N3O4S. The fourth-order valence-corrected chi connectivity index (χ4v) is 3.05. The van der Waals surface area contributed by atoms with Crippen LogP contribution in [0.15, 0.2) is 17.0 Å². The molecule has 0 aromatic heterocycles. The Morgan fingerprint density at radius 2 is 2.00 bits per heavy atom. The molecule has 0 unspecified atom stereocenters. The van der Waals surface area contributed by atoms with Gasteiger partial charge in [-0.25, -0.2) is 12.7 Å². The summed E-state index contributed by atoms with van der Waals surface area (Å²) in [6.07, 6.45) is 0. The van der Waals surface area contributed by atoms with Gasteiger partial charge in [-0.2, -0.15) is 0 Å². The van der Waals surface area contributed by atoms with Gasteiger partial charge in [0.1, 0.15) is 5.69 Å². The van der Waals surface area contributed by atoms with Crippen LogP contribution in [-0.4, -0.2) is 38.3 Å². The average molecular weight is 287 g/mol. The molecule has 0 amide bonds. The van der Waals surface area contributed by atoms with E-state index in [1.807, 2.05) is 0 Å². The lowest BCUT2D eigenvalue weighted by atomic mass is 10.2. The third-order valence-corrected chi connectivity index (χ3v) is 4.97. The van der Waals surface area contributed by atoms with E-state index >= 15 is 0 Å². The second-order valence-corrected chi connectivity index (χ2v) is 6.07. The molecule has 8 heteroatoms. The number of aryl methyl sites for hydroxylation is 1. The number of nitro benzene ring substituents is 1. The van der Waals surface area contributed by atoms with Gasteiger partial charge in [-0.05, 0) is 18.6 Å². The zero-order valence-electron chi connectivity index (χ0n) is 11.3. The Kier molecular flexibility index (Phi) is 4.48. The van der Waals surface area contributed by atoms with Crippen LogP contribution in [0.5, 0.6) is 0 Å². The molecule has 7 nitrogen and oxygen atoms in total. The molecule has 0 radical (unpaired) electrons. The van der Waals surface area contributed by atoms with Gasteiger partial charge in [0.15, 0.2) is 0 Å². The topological polar surface area (TPSA) is 92.5 Å². The highest BCUT2D eigenvalue weighted by Crippen LogP contribution is 2.31. The van der Waals surface area contributed by atoms with Crippen LogP contribution in [0.2, 0.25) is 0 Å². The summed E-state index contributed by atoms with van der Waals surface area (Å²) in [6.45, 7) is 3.60. The van der Waals surface area contributed by atoms with Gasteiger partial charge in [0.2, 0.25) is 10.0 Å². The van der Waals surface area contributed by atoms with E-state index in [0.717, 1.165) is 10.4 Å². The van der Waals surface area contributed by atoms with Gasteiger partial charge >= 0.3 is 0 Å². The van der Waals surface area contributed by atoms with Gasteiger partial charge in [0.05, 0.1) is 9.82 Å². The smallest absolute Gasteiger partial charge is 0.293 e. The summed E-state index contributed by atoms with van der Waals surface area (Å²) in [6, 6.07) is 2.57. The molecule has 0 heterocycles. The third kappa shape index (κ3) is 2.85. The van der Waals surface area contributed by atoms with Crippen molar-refractivity contribution in [3.05, 3.63) is 27.8 Å². The van der Waals surface area contributed by atoms with E-state index < -0.39 is 14.9 Å². The summed E-state index contributed by atoms with van der Waals surface area (Å²) >= 11 is 0. The second-order valence-electron chi connectivity index (χ2n) is 4.06. The van der Waals surface area contributed by atoms with Crippen molar-refractivity contribution in [2.45, 2.75) is 18.7 Å². The first-order valence-corrected chi connectivity index (χ1v) is 7.12. The first-order chi connectivity index (χ1) is 8.75. The summed E-state index contributed by atoms with van der Waals surface area (Å²) in [5, 5.41) is 13.7. The Morgan fingerprint density at radius 3 is 2.42 bits per heavy atom. The first-order valence-electron chi connectivity index (χ1n) is 5.68. The minimum atomic E-state index is -3.70. The van der Waals surface area contributed by atoms with E-state index in [0.29, 0.717) is 17.8 Å². The quantitative estimate of drug-likeness (QED) is 0.655. The average Bonchev–Trinajstić information content (AvgIpc) is 2.36. The number of hydrogen-bond donors (Lipinski definition) is 1. The fraction of sp³-hybridized carbons (Fsp3) is 0.455. The molecular weight excluding hydrogens is 270 g/mol. The number of nitrogens with one attached hydrogen (secondary N) is 1. The molecule has 106 valence electrons. The van der Waals surface area contributed by atoms with Crippen LogP contribution in [0.3, 0.4) is 0 Å². The van der Waals surface area contributed by atoms with Gasteiger partial charge in [0, 0.05) is 26.7 Å². The van der Waals surface area contributed by atoms with Crippen LogP contribution in [0.25, 0.3) is 0 Å². The molecule has 1 aromatic rings. The summed E-state index contributed by atoms with van der Waals surface area (Å²) in [5.41, 5.74) is 0.507. The molecule has 0 atom stereocenters. The summed E-state index contributed by atoms with van der Waals surface area (Å²) in [4.78, 5) is 10.3. The number of benzene rings is 1. The Morgan fingerprint density at radius 1 is 1.42 bits per heavy atom. The van der Waals surface area contributed by atoms with E-state index in [1.54, 1.807) is 20.9 Å². The molecule has 0 aliphatic heterocycles. The lowest BCUT2D eigenvalue weighted by Crippen LogP contribution is -2.27. The summed E-state index contributed by atoms with van der Waals surface area (Å²) < 4.78 is 25.6. The minimum Gasteiger partial charge on any atom is -0.383 e. The van der Waals surface area contributed by atoms with Crippen molar-refractivity contribution in [1.82, 2.24) is 4.31 Å². The van der Waals surface area contributed by atoms with Crippen molar-refractivity contribution in [2.24, 2.45) is 0 Å². The van der Waals surface area contributed by atoms with Crippen LogP contribution >= 0.6 is 0 Å². The molecule has 1 aromatic carbocycles. The predicted molar refractivity (Wildman–Crippen MR) is 72.9 cm³/mol. The lowest BCUT2D eigenvalue weighted by Gasteiger charge is -2.17. The standard InChI is InChI=1S/C11H17N3O4S/c1-5-13(4)19(17,18)11-7-10(14(15)16)9(12-3)6-8(11)2/h6-7,12H,5H2,1-4H3. The fourth-order valence-electron chi connectivity index (χ4n) is 1.64. The Labute approximate surface area is 112 Å². The SMILES string of the molecule is CCN(C)S(=O)(=O)c1cc([N+](=O)[O-])c(NC)cc1C. The third-order valence-electron chi connectivity index (χ3n) is 2.89. The Bertz CT molecular complexity index is 598. The monoisotopic (exact) mass is 287 g/mol. The van der Waals surface area contributed by atoms with Crippen molar-refractivity contribution in [2.75, 3.05) is 26.0 Å². The van der Waals surface area contributed by atoms with Crippen LogP contribution in [-0.2, 0) is 10.0 Å². The van der Waals surface area contributed by atoms with Crippen LogP contribution in [0.1, 0.15) is 12.5 Å². The molecule has 0 aliphatic rings. The lowest BCUT2D eigenvalue weighted by molar-refractivity contribution is -0.384. The highest BCUT2D eigenvalue weighted by Gasteiger charge is 2.26. The van der Waals surface area contributed by atoms with Gasteiger partial charge in [-0.15, -0.1) is 0 Å².